The van der Waals surface area contributed by atoms with Gasteiger partial charge in [-0.15, -0.1) is 11.3 Å². The zero-order chi connectivity index (χ0) is 23.1. The molecule has 4 rings (SSSR count). The summed E-state index contributed by atoms with van der Waals surface area (Å²) in [6, 6.07) is 22.8. The van der Waals surface area contributed by atoms with E-state index < -0.39 is 10.1 Å². The molecule has 0 aliphatic rings. The Morgan fingerprint density at radius 2 is 1.73 bits per heavy atom. The molecule has 168 valence electrons. The highest BCUT2D eigenvalue weighted by molar-refractivity contribution is 7.87. The number of rotatable bonds is 9. The van der Waals surface area contributed by atoms with Crippen molar-refractivity contribution in [2.24, 2.45) is 5.10 Å². The minimum atomic E-state index is -3.97. The third-order valence-corrected chi connectivity index (χ3v) is 6.44. The Balaban J connectivity index is 1.47. The number of nitrogens with one attached hydrogen (secondary N) is 1. The van der Waals surface area contributed by atoms with Crippen LogP contribution < -0.4 is 14.3 Å². The lowest BCUT2D eigenvalue weighted by atomic mass is 10.2. The molecule has 0 fully saturated rings. The number of ether oxygens (including phenoxy) is 1. The van der Waals surface area contributed by atoms with Crippen LogP contribution in [0.4, 0.5) is 5.13 Å². The van der Waals surface area contributed by atoms with Crippen LogP contribution in [0.2, 0.25) is 0 Å². The molecule has 0 saturated heterocycles. The molecule has 1 N–H and O–H groups in total. The predicted octanol–water partition coefficient (Wildman–Crippen LogP) is 5.42. The van der Waals surface area contributed by atoms with Gasteiger partial charge < -0.3 is 8.92 Å². The number of anilines is 1. The van der Waals surface area contributed by atoms with Crippen molar-refractivity contribution >= 4 is 32.8 Å². The Labute approximate surface area is 196 Å². The third-order valence-electron chi connectivity index (χ3n) is 4.45. The molecule has 0 aliphatic heterocycles. The molecular formula is C24H21N3O4S2. The molecule has 0 aliphatic carbocycles. The summed E-state index contributed by atoms with van der Waals surface area (Å²) in [6.45, 7) is 2.16. The van der Waals surface area contributed by atoms with Crippen molar-refractivity contribution in [3.05, 3.63) is 89.8 Å². The topological polar surface area (TPSA) is 89.9 Å². The Morgan fingerprint density at radius 3 is 2.45 bits per heavy atom. The number of aromatic nitrogens is 1. The van der Waals surface area contributed by atoms with Crippen LogP contribution in [-0.2, 0) is 10.1 Å². The van der Waals surface area contributed by atoms with E-state index in [2.05, 4.69) is 15.5 Å². The number of hydrazone groups is 1. The lowest BCUT2D eigenvalue weighted by Gasteiger charge is -2.12. The highest BCUT2D eigenvalue weighted by Crippen LogP contribution is 2.31. The van der Waals surface area contributed by atoms with E-state index in [4.69, 9.17) is 8.92 Å². The molecule has 0 radical (unpaired) electrons. The van der Waals surface area contributed by atoms with Crippen LogP contribution in [-0.4, -0.2) is 26.2 Å². The zero-order valence-electron chi connectivity index (χ0n) is 17.7. The average molecular weight is 480 g/mol. The molecule has 0 unspecified atom stereocenters. The summed E-state index contributed by atoms with van der Waals surface area (Å²) < 4.78 is 36.0. The summed E-state index contributed by atoms with van der Waals surface area (Å²) >= 11 is 1.45. The van der Waals surface area contributed by atoms with Crippen molar-refractivity contribution in [2.75, 3.05) is 12.0 Å². The SMILES string of the molecule is CCOc1cc(/C=N/Nc2nc(-c3ccccc3)cs2)ccc1OS(=O)(=O)c1ccccc1. The minimum absolute atomic E-state index is 0.0700. The van der Waals surface area contributed by atoms with Gasteiger partial charge in [0.25, 0.3) is 0 Å². The maximum Gasteiger partial charge on any atom is 0.339 e. The molecule has 3 aromatic carbocycles. The molecule has 0 spiro atoms. The smallest absolute Gasteiger partial charge is 0.339 e. The first-order chi connectivity index (χ1) is 16.0. The van der Waals surface area contributed by atoms with Crippen molar-refractivity contribution < 1.29 is 17.3 Å². The lowest BCUT2D eigenvalue weighted by Crippen LogP contribution is -2.10. The first kappa shape index (κ1) is 22.5. The van der Waals surface area contributed by atoms with Crippen LogP contribution >= 0.6 is 11.3 Å². The van der Waals surface area contributed by atoms with Crippen LogP contribution in [0.5, 0.6) is 11.5 Å². The van der Waals surface area contributed by atoms with E-state index in [1.807, 2.05) is 42.6 Å². The van der Waals surface area contributed by atoms with Gasteiger partial charge in [0, 0.05) is 10.9 Å². The fourth-order valence-electron chi connectivity index (χ4n) is 2.92. The highest BCUT2D eigenvalue weighted by atomic mass is 32.2. The average Bonchev–Trinajstić information content (AvgIpc) is 3.31. The van der Waals surface area contributed by atoms with E-state index >= 15 is 0 Å². The van der Waals surface area contributed by atoms with E-state index in [-0.39, 0.29) is 10.6 Å². The molecule has 33 heavy (non-hydrogen) atoms. The summed E-state index contributed by atoms with van der Waals surface area (Å²) in [4.78, 5) is 4.59. The van der Waals surface area contributed by atoms with Gasteiger partial charge in [0.1, 0.15) is 4.90 Å². The number of thiazole rings is 1. The first-order valence-electron chi connectivity index (χ1n) is 10.1. The minimum Gasteiger partial charge on any atom is -0.490 e. The van der Waals surface area contributed by atoms with Gasteiger partial charge in [0.05, 0.1) is 18.5 Å². The van der Waals surface area contributed by atoms with E-state index in [0.29, 0.717) is 23.1 Å². The van der Waals surface area contributed by atoms with Crippen LogP contribution in [0.1, 0.15) is 12.5 Å². The number of nitrogens with zero attached hydrogens (tertiary/aromatic N) is 2. The van der Waals surface area contributed by atoms with Crippen molar-refractivity contribution in [3.63, 3.8) is 0 Å². The second kappa shape index (κ2) is 10.3. The summed E-state index contributed by atoms with van der Waals surface area (Å²) in [5.41, 5.74) is 5.53. The molecule has 9 heteroatoms. The van der Waals surface area contributed by atoms with Crippen LogP contribution in [0, 0.1) is 0 Å². The van der Waals surface area contributed by atoms with E-state index in [9.17, 15) is 8.42 Å². The van der Waals surface area contributed by atoms with Gasteiger partial charge in [-0.05, 0) is 42.8 Å². The maximum absolute atomic E-state index is 12.6. The third kappa shape index (κ3) is 5.76. The molecule has 1 aromatic heterocycles. The van der Waals surface area contributed by atoms with Crippen LogP contribution in [0.25, 0.3) is 11.3 Å². The fourth-order valence-corrected chi connectivity index (χ4v) is 4.55. The first-order valence-corrected chi connectivity index (χ1v) is 12.4. The Bertz CT molecular complexity index is 1340. The summed E-state index contributed by atoms with van der Waals surface area (Å²) in [7, 11) is -3.97. The lowest BCUT2D eigenvalue weighted by molar-refractivity contribution is 0.327. The molecule has 0 bridgehead atoms. The van der Waals surface area contributed by atoms with Crippen LogP contribution in [0.15, 0.2) is 94.2 Å². The second-order valence-corrected chi connectivity index (χ2v) is 9.17. The van der Waals surface area contributed by atoms with Crippen molar-refractivity contribution in [2.45, 2.75) is 11.8 Å². The van der Waals surface area contributed by atoms with Gasteiger partial charge in [-0.3, -0.25) is 5.43 Å². The van der Waals surface area contributed by atoms with Crippen molar-refractivity contribution in [3.8, 4) is 22.8 Å². The summed E-state index contributed by atoms with van der Waals surface area (Å²) in [6.07, 6.45) is 1.60. The molecular weight excluding hydrogens is 458 g/mol. The maximum atomic E-state index is 12.6. The number of hydrogen-bond donors (Lipinski definition) is 1. The van der Waals surface area contributed by atoms with Gasteiger partial charge in [-0.2, -0.15) is 13.5 Å². The Morgan fingerprint density at radius 1 is 1.00 bits per heavy atom. The fraction of sp³-hybridized carbons (Fsp3) is 0.0833. The van der Waals surface area contributed by atoms with Gasteiger partial charge >= 0.3 is 10.1 Å². The molecule has 4 aromatic rings. The van der Waals surface area contributed by atoms with Gasteiger partial charge in [0.2, 0.25) is 5.13 Å². The van der Waals surface area contributed by atoms with E-state index in [0.717, 1.165) is 11.3 Å². The summed E-state index contributed by atoms with van der Waals surface area (Å²) in [5.74, 6) is 0.416. The highest BCUT2D eigenvalue weighted by Gasteiger charge is 2.19. The largest absolute Gasteiger partial charge is 0.490 e. The zero-order valence-corrected chi connectivity index (χ0v) is 19.3. The molecule has 0 amide bonds. The Hall–Kier alpha value is -3.69. The normalized spacial score (nSPS) is 11.4. The second-order valence-electron chi connectivity index (χ2n) is 6.76. The molecule has 7 nitrogen and oxygen atoms in total. The quantitative estimate of drug-likeness (QED) is 0.196. The summed E-state index contributed by atoms with van der Waals surface area (Å²) in [5, 5.41) is 6.84. The number of hydrogen-bond acceptors (Lipinski definition) is 8. The van der Waals surface area contributed by atoms with Gasteiger partial charge in [-0.25, -0.2) is 4.98 Å². The molecule has 0 saturated carbocycles. The van der Waals surface area contributed by atoms with Gasteiger partial charge in [-0.1, -0.05) is 48.5 Å². The predicted molar refractivity (Wildman–Crippen MR) is 131 cm³/mol. The van der Waals surface area contributed by atoms with Crippen LogP contribution in [0.3, 0.4) is 0 Å². The number of benzene rings is 3. The molecule has 0 atom stereocenters. The van der Waals surface area contributed by atoms with E-state index in [1.165, 1.54) is 23.5 Å². The van der Waals surface area contributed by atoms with Crippen molar-refractivity contribution in [1.29, 1.82) is 0 Å². The standard InChI is InChI=1S/C24H21N3O4S2/c1-2-30-23-15-18(13-14-22(23)31-33(28,29)20-11-7-4-8-12-20)16-25-27-24-26-21(17-32-24)19-9-5-3-6-10-19/h3-17H,2H2,1H3,(H,26,27)/b25-16+. The monoisotopic (exact) mass is 479 g/mol. The Kier molecular flexibility index (Phi) is 7.01. The van der Waals surface area contributed by atoms with E-state index in [1.54, 1.807) is 42.6 Å². The van der Waals surface area contributed by atoms with Crippen molar-refractivity contribution in [1.82, 2.24) is 4.98 Å². The molecule has 1 heterocycles. The van der Waals surface area contributed by atoms with Gasteiger partial charge in [0.15, 0.2) is 11.5 Å².